The zero-order valence-electron chi connectivity index (χ0n) is 16.1. The van der Waals surface area contributed by atoms with Crippen LogP contribution in [-0.2, 0) is 11.2 Å². The Morgan fingerprint density at radius 2 is 1.92 bits per heavy atom. The van der Waals surface area contributed by atoms with E-state index in [-0.39, 0.29) is 12.8 Å². The standard InChI is InChI=1S/C19H31N3O4/c1-15(12-16-4-5-17-18(13-16)26-14-25-17)21(3)19(23)24-11-10-22-8-6-20(2)7-9-22/h4-5,13,15,19,23H,6-12,14H2,1-3H3. The summed E-state index contributed by atoms with van der Waals surface area (Å²) in [6, 6.07) is 6.12. The molecule has 2 unspecified atom stereocenters. The molecule has 0 amide bonds. The lowest BCUT2D eigenvalue weighted by Crippen LogP contribution is -2.46. The first kappa shape index (κ1) is 19.4. The Kier molecular flexibility index (Phi) is 6.72. The quantitative estimate of drug-likeness (QED) is 0.685. The van der Waals surface area contributed by atoms with Gasteiger partial charge in [0.1, 0.15) is 0 Å². The summed E-state index contributed by atoms with van der Waals surface area (Å²) in [6.45, 7) is 8.07. The second-order valence-electron chi connectivity index (χ2n) is 7.25. The highest BCUT2D eigenvalue weighted by molar-refractivity contribution is 5.44. The normalized spacial score (nSPS) is 20.5. The summed E-state index contributed by atoms with van der Waals surface area (Å²) < 4.78 is 16.4. The summed E-state index contributed by atoms with van der Waals surface area (Å²) in [7, 11) is 4.03. The third-order valence-corrected chi connectivity index (χ3v) is 5.28. The van der Waals surface area contributed by atoms with Crippen LogP contribution >= 0.6 is 0 Å². The lowest BCUT2D eigenvalue weighted by atomic mass is 10.1. The van der Waals surface area contributed by atoms with Crippen LogP contribution < -0.4 is 9.47 Å². The number of nitrogens with zero attached hydrogens (tertiary/aromatic N) is 3. The average molecular weight is 365 g/mol. The van der Waals surface area contributed by atoms with Crippen LogP contribution in [-0.4, -0.2) is 92.5 Å². The van der Waals surface area contributed by atoms with Crippen LogP contribution in [0.5, 0.6) is 11.5 Å². The van der Waals surface area contributed by atoms with Crippen LogP contribution in [0.25, 0.3) is 0 Å². The predicted octanol–water partition coefficient (Wildman–Crippen LogP) is 0.818. The fraction of sp³-hybridized carbons (Fsp3) is 0.684. The van der Waals surface area contributed by atoms with Gasteiger partial charge in [-0.15, -0.1) is 0 Å². The molecule has 0 aromatic heterocycles. The number of benzene rings is 1. The highest BCUT2D eigenvalue weighted by Crippen LogP contribution is 2.33. The van der Waals surface area contributed by atoms with Crippen molar-refractivity contribution < 1.29 is 19.3 Å². The van der Waals surface area contributed by atoms with Gasteiger partial charge in [0, 0.05) is 38.8 Å². The second-order valence-corrected chi connectivity index (χ2v) is 7.25. The number of hydrogen-bond acceptors (Lipinski definition) is 7. The summed E-state index contributed by atoms with van der Waals surface area (Å²) in [5, 5.41) is 10.3. The van der Waals surface area contributed by atoms with Crippen LogP contribution in [0.1, 0.15) is 12.5 Å². The highest BCUT2D eigenvalue weighted by atomic mass is 16.7. The van der Waals surface area contributed by atoms with E-state index in [1.807, 2.05) is 30.1 Å². The number of likely N-dealkylation sites (N-methyl/N-ethyl adjacent to an activating group) is 2. The minimum Gasteiger partial charge on any atom is -0.454 e. The predicted molar refractivity (Wildman–Crippen MR) is 99.4 cm³/mol. The Bertz CT molecular complexity index is 578. The molecule has 146 valence electrons. The van der Waals surface area contributed by atoms with E-state index in [4.69, 9.17) is 14.2 Å². The molecule has 26 heavy (non-hydrogen) atoms. The molecule has 1 saturated heterocycles. The van der Waals surface area contributed by atoms with E-state index >= 15 is 0 Å². The number of piperazine rings is 1. The van der Waals surface area contributed by atoms with Crippen molar-refractivity contribution >= 4 is 0 Å². The Morgan fingerprint density at radius 1 is 1.19 bits per heavy atom. The van der Waals surface area contributed by atoms with Crippen molar-refractivity contribution in [3.05, 3.63) is 23.8 Å². The monoisotopic (exact) mass is 365 g/mol. The number of aliphatic hydroxyl groups excluding tert-OH is 1. The summed E-state index contributed by atoms with van der Waals surface area (Å²) in [5.41, 5.74) is 1.15. The van der Waals surface area contributed by atoms with E-state index in [0.717, 1.165) is 56.2 Å². The van der Waals surface area contributed by atoms with Crippen molar-refractivity contribution in [1.29, 1.82) is 0 Å². The summed E-state index contributed by atoms with van der Waals surface area (Å²) in [4.78, 5) is 6.56. The first-order valence-corrected chi connectivity index (χ1v) is 9.34. The van der Waals surface area contributed by atoms with Crippen LogP contribution in [0.3, 0.4) is 0 Å². The molecular formula is C19H31N3O4. The third kappa shape index (κ3) is 5.08. The van der Waals surface area contributed by atoms with Gasteiger partial charge in [-0.05, 0) is 45.1 Å². The van der Waals surface area contributed by atoms with Gasteiger partial charge in [-0.2, -0.15) is 0 Å². The molecule has 1 aromatic rings. The summed E-state index contributed by atoms with van der Waals surface area (Å²) in [6.07, 6.45) is -0.0991. The third-order valence-electron chi connectivity index (χ3n) is 5.28. The number of fused-ring (bicyclic) bond motifs is 1. The Balaban J connectivity index is 1.40. The molecule has 2 aliphatic heterocycles. The van der Waals surface area contributed by atoms with Gasteiger partial charge in [0.05, 0.1) is 6.61 Å². The van der Waals surface area contributed by atoms with Crippen molar-refractivity contribution in [3.63, 3.8) is 0 Å². The largest absolute Gasteiger partial charge is 0.454 e. The highest BCUT2D eigenvalue weighted by Gasteiger charge is 2.21. The molecule has 0 bridgehead atoms. The van der Waals surface area contributed by atoms with Gasteiger partial charge in [0.25, 0.3) is 0 Å². The summed E-state index contributed by atoms with van der Waals surface area (Å²) >= 11 is 0. The van der Waals surface area contributed by atoms with E-state index < -0.39 is 6.41 Å². The first-order valence-electron chi connectivity index (χ1n) is 9.34. The summed E-state index contributed by atoms with van der Waals surface area (Å²) in [5.74, 6) is 1.59. The number of aliphatic hydroxyl groups is 1. The number of rotatable bonds is 8. The van der Waals surface area contributed by atoms with E-state index in [1.165, 1.54) is 0 Å². The maximum atomic E-state index is 10.3. The fourth-order valence-electron chi connectivity index (χ4n) is 3.25. The van der Waals surface area contributed by atoms with Crippen molar-refractivity contribution in [2.75, 3.05) is 60.2 Å². The van der Waals surface area contributed by atoms with Crippen LogP contribution in [0.2, 0.25) is 0 Å². The molecule has 3 rings (SSSR count). The van der Waals surface area contributed by atoms with Gasteiger partial charge in [-0.25, -0.2) is 0 Å². The van der Waals surface area contributed by atoms with Gasteiger partial charge in [-0.1, -0.05) is 6.07 Å². The minimum absolute atomic E-state index is 0.133. The van der Waals surface area contributed by atoms with Gasteiger partial charge in [0.15, 0.2) is 11.5 Å². The zero-order valence-corrected chi connectivity index (χ0v) is 16.1. The second kappa shape index (κ2) is 9.01. The van der Waals surface area contributed by atoms with Crippen molar-refractivity contribution in [2.24, 2.45) is 0 Å². The van der Waals surface area contributed by atoms with Crippen LogP contribution in [0.4, 0.5) is 0 Å². The molecule has 0 spiro atoms. The minimum atomic E-state index is -0.897. The zero-order chi connectivity index (χ0) is 18.5. The van der Waals surface area contributed by atoms with Crippen molar-refractivity contribution in [3.8, 4) is 11.5 Å². The molecule has 1 aromatic carbocycles. The van der Waals surface area contributed by atoms with Crippen molar-refractivity contribution in [2.45, 2.75) is 25.8 Å². The average Bonchev–Trinajstić information content (AvgIpc) is 3.10. The molecule has 2 aliphatic rings. The molecule has 7 nitrogen and oxygen atoms in total. The van der Waals surface area contributed by atoms with Crippen LogP contribution in [0.15, 0.2) is 18.2 Å². The molecule has 0 aliphatic carbocycles. The lowest BCUT2D eigenvalue weighted by Gasteiger charge is -2.33. The van der Waals surface area contributed by atoms with E-state index in [0.29, 0.717) is 6.61 Å². The van der Waals surface area contributed by atoms with Crippen molar-refractivity contribution in [1.82, 2.24) is 14.7 Å². The smallest absolute Gasteiger partial charge is 0.231 e. The van der Waals surface area contributed by atoms with Gasteiger partial charge in [0.2, 0.25) is 13.2 Å². The molecule has 0 radical (unpaired) electrons. The van der Waals surface area contributed by atoms with E-state index in [1.54, 1.807) is 0 Å². The van der Waals surface area contributed by atoms with Gasteiger partial charge in [-0.3, -0.25) is 9.80 Å². The maximum absolute atomic E-state index is 10.3. The van der Waals surface area contributed by atoms with Gasteiger partial charge >= 0.3 is 0 Å². The molecule has 1 N–H and O–H groups in total. The molecule has 2 heterocycles. The van der Waals surface area contributed by atoms with Crippen LogP contribution in [0, 0.1) is 0 Å². The molecule has 0 saturated carbocycles. The maximum Gasteiger partial charge on any atom is 0.231 e. The number of ether oxygens (including phenoxy) is 3. The lowest BCUT2D eigenvalue weighted by molar-refractivity contribution is -0.197. The Hall–Kier alpha value is -1.38. The topological polar surface area (TPSA) is 57.6 Å². The molecule has 1 fully saturated rings. The van der Waals surface area contributed by atoms with E-state index in [9.17, 15) is 5.11 Å². The SMILES string of the molecule is CC(Cc1ccc2c(c1)OCO2)N(C)C(O)OCCN1CCN(C)CC1. The fourth-order valence-corrected chi connectivity index (χ4v) is 3.25. The first-order chi connectivity index (χ1) is 12.5. The Morgan fingerprint density at radius 3 is 2.69 bits per heavy atom. The molecule has 7 heteroatoms. The Labute approximate surface area is 156 Å². The van der Waals surface area contributed by atoms with E-state index in [2.05, 4.69) is 23.8 Å². The molecule has 2 atom stereocenters. The van der Waals surface area contributed by atoms with Gasteiger partial charge < -0.3 is 24.2 Å². The number of hydrogen-bond donors (Lipinski definition) is 1. The molecular weight excluding hydrogens is 334 g/mol.